The van der Waals surface area contributed by atoms with Crippen molar-refractivity contribution in [3.05, 3.63) is 41.3 Å². The highest BCUT2D eigenvalue weighted by atomic mass is 32.1. The van der Waals surface area contributed by atoms with Gasteiger partial charge in [-0.15, -0.1) is 0 Å². The van der Waals surface area contributed by atoms with Crippen molar-refractivity contribution in [2.75, 3.05) is 6.54 Å². The molecule has 124 valence electrons. The summed E-state index contributed by atoms with van der Waals surface area (Å²) in [4.78, 5) is 23.2. The van der Waals surface area contributed by atoms with Gasteiger partial charge in [-0.1, -0.05) is 11.3 Å². The molecule has 1 saturated heterocycles. The number of hydrogen-bond donors (Lipinski definition) is 1. The van der Waals surface area contributed by atoms with Gasteiger partial charge in [0.1, 0.15) is 0 Å². The van der Waals surface area contributed by atoms with Crippen molar-refractivity contribution in [2.24, 2.45) is 0 Å². The standard InChI is InChI=1S/C18H19N3O2S/c22-14-7-12(16-20-8-15(23)24-16)3-6-21(14)18-9-17(10-18,11-18)13-1-4-19-5-2-13/h1-2,4-5,8,12,23H,3,6-7,9-11H2. The SMILES string of the molecule is O=C1CC(c2ncc(O)s2)CCN1C12CC(c3ccncc3)(C1)C2. The summed E-state index contributed by atoms with van der Waals surface area (Å²) in [5.41, 5.74) is 1.78. The van der Waals surface area contributed by atoms with Crippen LogP contribution in [-0.4, -0.2) is 38.0 Å². The van der Waals surface area contributed by atoms with Crippen molar-refractivity contribution in [2.45, 2.75) is 49.0 Å². The highest BCUT2D eigenvalue weighted by molar-refractivity contribution is 7.13. The van der Waals surface area contributed by atoms with Crippen LogP contribution in [0.4, 0.5) is 0 Å². The lowest BCUT2D eigenvalue weighted by molar-refractivity contribution is -0.189. The van der Waals surface area contributed by atoms with E-state index >= 15 is 0 Å². The van der Waals surface area contributed by atoms with E-state index in [4.69, 9.17) is 0 Å². The van der Waals surface area contributed by atoms with Gasteiger partial charge in [0.25, 0.3) is 0 Å². The smallest absolute Gasteiger partial charge is 0.223 e. The van der Waals surface area contributed by atoms with Crippen LogP contribution >= 0.6 is 11.3 Å². The largest absolute Gasteiger partial charge is 0.498 e. The minimum Gasteiger partial charge on any atom is -0.498 e. The summed E-state index contributed by atoms with van der Waals surface area (Å²) < 4.78 is 0. The topological polar surface area (TPSA) is 66.3 Å². The number of nitrogens with zero attached hydrogens (tertiary/aromatic N) is 3. The Bertz CT molecular complexity index is 784. The molecule has 5 nitrogen and oxygen atoms in total. The molecule has 1 unspecified atom stereocenters. The van der Waals surface area contributed by atoms with Gasteiger partial charge >= 0.3 is 0 Å². The Kier molecular flexibility index (Phi) is 2.87. The number of carbonyl (C=O) groups is 1. The van der Waals surface area contributed by atoms with Crippen molar-refractivity contribution < 1.29 is 9.90 Å². The van der Waals surface area contributed by atoms with E-state index in [1.807, 2.05) is 12.4 Å². The van der Waals surface area contributed by atoms with Gasteiger partial charge in [0.05, 0.1) is 11.2 Å². The van der Waals surface area contributed by atoms with Crippen LogP contribution in [0.3, 0.4) is 0 Å². The van der Waals surface area contributed by atoms with Crippen LogP contribution in [0.5, 0.6) is 5.06 Å². The van der Waals surface area contributed by atoms with Crippen LogP contribution in [0.1, 0.15) is 48.6 Å². The maximum absolute atomic E-state index is 12.7. The Morgan fingerprint density at radius 1 is 1.25 bits per heavy atom. The monoisotopic (exact) mass is 341 g/mol. The summed E-state index contributed by atoms with van der Waals surface area (Å²) >= 11 is 1.30. The number of thiazole rings is 1. The van der Waals surface area contributed by atoms with E-state index in [2.05, 4.69) is 27.0 Å². The van der Waals surface area contributed by atoms with Crippen LogP contribution < -0.4 is 0 Å². The highest BCUT2D eigenvalue weighted by Crippen LogP contribution is 2.70. The molecule has 1 N–H and O–H groups in total. The second-order valence-corrected chi connectivity index (χ2v) is 8.58. The molecule has 0 aromatic carbocycles. The maximum atomic E-state index is 12.7. The summed E-state index contributed by atoms with van der Waals surface area (Å²) in [6, 6.07) is 4.23. The van der Waals surface area contributed by atoms with Gasteiger partial charge in [-0.3, -0.25) is 9.78 Å². The molecule has 24 heavy (non-hydrogen) atoms. The van der Waals surface area contributed by atoms with Crippen molar-refractivity contribution in [1.82, 2.24) is 14.9 Å². The van der Waals surface area contributed by atoms with Gasteiger partial charge in [0.2, 0.25) is 5.91 Å². The number of likely N-dealkylation sites (tertiary alicyclic amines) is 1. The average molecular weight is 341 g/mol. The van der Waals surface area contributed by atoms with E-state index in [1.54, 1.807) is 0 Å². The summed E-state index contributed by atoms with van der Waals surface area (Å²) in [5, 5.41) is 10.6. The number of rotatable bonds is 3. The zero-order valence-corrected chi connectivity index (χ0v) is 14.1. The maximum Gasteiger partial charge on any atom is 0.223 e. The van der Waals surface area contributed by atoms with E-state index in [1.165, 1.54) is 23.1 Å². The predicted molar refractivity (Wildman–Crippen MR) is 90.0 cm³/mol. The third kappa shape index (κ3) is 1.89. The molecule has 3 saturated carbocycles. The van der Waals surface area contributed by atoms with E-state index < -0.39 is 0 Å². The summed E-state index contributed by atoms with van der Waals surface area (Å²) in [7, 11) is 0. The fourth-order valence-electron chi connectivity index (χ4n) is 5.04. The van der Waals surface area contributed by atoms with Crippen molar-refractivity contribution in [3.63, 3.8) is 0 Å². The van der Waals surface area contributed by atoms with Crippen LogP contribution in [0.25, 0.3) is 0 Å². The minimum absolute atomic E-state index is 0.107. The summed E-state index contributed by atoms with van der Waals surface area (Å²) in [6.45, 7) is 0.816. The third-order valence-corrected chi connectivity index (χ3v) is 7.11. The zero-order valence-electron chi connectivity index (χ0n) is 13.3. The first-order valence-electron chi connectivity index (χ1n) is 8.46. The fourth-order valence-corrected chi connectivity index (χ4v) is 5.84. The number of aromatic nitrogens is 2. The van der Waals surface area contributed by atoms with Gasteiger partial charge in [0.15, 0.2) is 5.06 Å². The number of pyridine rings is 1. The lowest BCUT2D eigenvalue weighted by Gasteiger charge is -2.74. The highest BCUT2D eigenvalue weighted by Gasteiger charge is 2.71. The van der Waals surface area contributed by atoms with E-state index in [0.717, 1.165) is 37.2 Å². The number of aromatic hydroxyl groups is 1. The Hall–Kier alpha value is -1.95. The predicted octanol–water partition coefficient (Wildman–Crippen LogP) is 2.82. The zero-order chi connectivity index (χ0) is 16.4. The Morgan fingerprint density at radius 2 is 2.00 bits per heavy atom. The first-order valence-corrected chi connectivity index (χ1v) is 9.28. The van der Waals surface area contributed by atoms with Gasteiger partial charge in [0, 0.05) is 42.2 Å². The van der Waals surface area contributed by atoms with Gasteiger partial charge in [-0.2, -0.15) is 0 Å². The normalized spacial score (nSPS) is 34.6. The second kappa shape index (κ2) is 4.79. The molecule has 1 aliphatic heterocycles. The molecule has 0 spiro atoms. The van der Waals surface area contributed by atoms with Gasteiger partial charge < -0.3 is 10.0 Å². The molecule has 3 aliphatic carbocycles. The van der Waals surface area contributed by atoms with E-state index in [9.17, 15) is 9.90 Å². The molecular weight excluding hydrogens is 322 g/mol. The fraction of sp³-hybridized carbons (Fsp3) is 0.500. The number of piperidine rings is 1. The van der Waals surface area contributed by atoms with Crippen LogP contribution in [0.2, 0.25) is 0 Å². The lowest BCUT2D eigenvalue weighted by Crippen LogP contribution is -2.78. The molecule has 1 atom stereocenters. The Morgan fingerprint density at radius 3 is 2.62 bits per heavy atom. The Labute approximate surface area is 144 Å². The number of hydrogen-bond acceptors (Lipinski definition) is 5. The summed E-state index contributed by atoms with van der Waals surface area (Å²) in [5.74, 6) is 0.421. The van der Waals surface area contributed by atoms with Crippen molar-refractivity contribution in [1.29, 1.82) is 0 Å². The van der Waals surface area contributed by atoms with Crippen LogP contribution in [-0.2, 0) is 10.2 Å². The third-order valence-electron chi connectivity index (χ3n) is 6.15. The average Bonchev–Trinajstić information content (AvgIpc) is 2.94. The van der Waals surface area contributed by atoms with Crippen LogP contribution in [0, 0.1) is 0 Å². The van der Waals surface area contributed by atoms with Crippen molar-refractivity contribution >= 4 is 17.2 Å². The molecule has 2 aromatic heterocycles. The molecular formula is C18H19N3O2S. The van der Waals surface area contributed by atoms with Crippen LogP contribution in [0.15, 0.2) is 30.7 Å². The molecule has 6 heteroatoms. The molecule has 1 amide bonds. The van der Waals surface area contributed by atoms with Gasteiger partial charge in [-0.25, -0.2) is 4.98 Å². The summed E-state index contributed by atoms with van der Waals surface area (Å²) in [6.07, 6.45) is 9.97. The molecule has 4 fully saturated rings. The van der Waals surface area contributed by atoms with E-state index in [-0.39, 0.29) is 22.4 Å². The van der Waals surface area contributed by atoms with E-state index in [0.29, 0.717) is 11.8 Å². The molecule has 4 aliphatic rings. The Balaban J connectivity index is 1.27. The molecule has 3 heterocycles. The van der Waals surface area contributed by atoms with Crippen molar-refractivity contribution in [3.8, 4) is 5.06 Å². The lowest BCUT2D eigenvalue weighted by atomic mass is 9.37. The second-order valence-electron chi connectivity index (χ2n) is 7.54. The molecule has 0 radical (unpaired) electrons. The minimum atomic E-state index is 0.107. The quantitative estimate of drug-likeness (QED) is 0.932. The first kappa shape index (κ1) is 14.4. The van der Waals surface area contributed by atoms with Gasteiger partial charge in [-0.05, 0) is 43.4 Å². The molecule has 2 aromatic rings. The number of carbonyl (C=O) groups excluding carboxylic acids is 1. The molecule has 2 bridgehead atoms. The molecule has 6 rings (SSSR count). The first-order chi connectivity index (χ1) is 11.6. The number of amides is 1.